The Labute approximate surface area is 126 Å². The van der Waals surface area contributed by atoms with Crippen molar-refractivity contribution in [3.63, 3.8) is 0 Å². The van der Waals surface area contributed by atoms with Crippen LogP contribution < -0.4 is 5.32 Å². The van der Waals surface area contributed by atoms with Gasteiger partial charge in [-0.1, -0.05) is 12.1 Å². The Kier molecular flexibility index (Phi) is 3.69. The molecule has 0 bridgehead atoms. The van der Waals surface area contributed by atoms with Gasteiger partial charge in [0.15, 0.2) is 5.69 Å². The highest BCUT2D eigenvalue weighted by Gasteiger charge is 2.10. The van der Waals surface area contributed by atoms with Crippen LogP contribution in [-0.4, -0.2) is 25.5 Å². The van der Waals surface area contributed by atoms with Gasteiger partial charge in [-0.3, -0.25) is 14.2 Å². The first-order chi connectivity index (χ1) is 10.6. The quantitative estimate of drug-likeness (QED) is 0.802. The van der Waals surface area contributed by atoms with E-state index in [0.717, 1.165) is 5.56 Å². The van der Waals surface area contributed by atoms with Crippen LogP contribution in [0.4, 0.5) is 10.1 Å². The molecule has 22 heavy (non-hydrogen) atoms. The molecule has 0 saturated carbocycles. The van der Waals surface area contributed by atoms with Gasteiger partial charge in [0.25, 0.3) is 5.91 Å². The molecule has 112 valence electrons. The molecule has 0 aliphatic heterocycles. The largest absolute Gasteiger partial charge is 0.318 e. The van der Waals surface area contributed by atoms with E-state index in [-0.39, 0.29) is 11.7 Å². The van der Waals surface area contributed by atoms with E-state index in [9.17, 15) is 9.18 Å². The number of amides is 1. The SMILES string of the molecule is Cn1ccc(C(=O)Nc2cnn(Cc3cccc(F)c3)c2)n1. The number of carbonyl (C=O) groups is 1. The summed E-state index contributed by atoms with van der Waals surface area (Å²) in [6.07, 6.45) is 4.92. The molecule has 3 aromatic rings. The molecule has 1 aromatic carbocycles. The molecule has 1 amide bonds. The van der Waals surface area contributed by atoms with E-state index in [1.807, 2.05) is 6.07 Å². The summed E-state index contributed by atoms with van der Waals surface area (Å²) in [6.45, 7) is 0.428. The minimum Gasteiger partial charge on any atom is -0.318 e. The van der Waals surface area contributed by atoms with E-state index in [0.29, 0.717) is 17.9 Å². The fourth-order valence-corrected chi connectivity index (χ4v) is 2.07. The summed E-state index contributed by atoms with van der Waals surface area (Å²) in [5, 5.41) is 10.9. The molecular weight excluding hydrogens is 285 g/mol. The van der Waals surface area contributed by atoms with Crippen LogP contribution >= 0.6 is 0 Å². The zero-order chi connectivity index (χ0) is 15.5. The standard InChI is InChI=1S/C15H14FN5O/c1-20-6-5-14(19-20)15(22)18-13-8-17-21(10-13)9-11-3-2-4-12(16)7-11/h2-8,10H,9H2,1H3,(H,18,22). The monoisotopic (exact) mass is 299 g/mol. The highest BCUT2D eigenvalue weighted by atomic mass is 19.1. The van der Waals surface area contributed by atoms with Crippen LogP contribution in [0.25, 0.3) is 0 Å². The summed E-state index contributed by atoms with van der Waals surface area (Å²) >= 11 is 0. The zero-order valence-electron chi connectivity index (χ0n) is 11.9. The molecule has 0 atom stereocenters. The number of aromatic nitrogens is 4. The molecule has 0 unspecified atom stereocenters. The molecule has 0 aliphatic carbocycles. The molecule has 0 aliphatic rings. The third kappa shape index (κ3) is 3.20. The van der Waals surface area contributed by atoms with E-state index in [1.54, 1.807) is 47.1 Å². The smallest absolute Gasteiger partial charge is 0.276 e. The third-order valence-corrected chi connectivity index (χ3v) is 3.07. The first-order valence-electron chi connectivity index (χ1n) is 6.68. The maximum Gasteiger partial charge on any atom is 0.276 e. The fraction of sp³-hybridized carbons (Fsp3) is 0.133. The Hall–Kier alpha value is -2.96. The van der Waals surface area contributed by atoms with Crippen LogP contribution in [0.1, 0.15) is 16.1 Å². The first kappa shape index (κ1) is 14.0. The van der Waals surface area contributed by atoms with Crippen LogP contribution in [0.2, 0.25) is 0 Å². The van der Waals surface area contributed by atoms with Gasteiger partial charge in [0.2, 0.25) is 0 Å². The first-order valence-corrected chi connectivity index (χ1v) is 6.68. The Balaban J connectivity index is 1.67. The number of nitrogens with zero attached hydrogens (tertiary/aromatic N) is 4. The van der Waals surface area contributed by atoms with Crippen molar-refractivity contribution in [3.05, 3.63) is 66.0 Å². The average Bonchev–Trinajstić information content (AvgIpc) is 3.08. The molecule has 7 heteroatoms. The van der Waals surface area contributed by atoms with Crippen LogP contribution in [0.5, 0.6) is 0 Å². The second-order valence-corrected chi connectivity index (χ2v) is 4.89. The minimum absolute atomic E-state index is 0.284. The Bertz CT molecular complexity index is 808. The summed E-state index contributed by atoms with van der Waals surface area (Å²) in [6, 6.07) is 7.94. The lowest BCUT2D eigenvalue weighted by Crippen LogP contribution is -2.12. The van der Waals surface area contributed by atoms with Crippen LogP contribution in [0.3, 0.4) is 0 Å². The summed E-state index contributed by atoms with van der Waals surface area (Å²) in [7, 11) is 1.74. The van der Waals surface area contributed by atoms with E-state index in [1.165, 1.54) is 12.1 Å². The average molecular weight is 299 g/mol. The number of hydrogen-bond donors (Lipinski definition) is 1. The summed E-state index contributed by atoms with van der Waals surface area (Å²) < 4.78 is 16.3. The van der Waals surface area contributed by atoms with Gasteiger partial charge >= 0.3 is 0 Å². The van der Waals surface area contributed by atoms with E-state index < -0.39 is 0 Å². The molecule has 0 saturated heterocycles. The molecular formula is C15H14FN5O. The number of rotatable bonds is 4. The fourth-order valence-electron chi connectivity index (χ4n) is 2.07. The number of benzene rings is 1. The molecule has 1 N–H and O–H groups in total. The lowest BCUT2D eigenvalue weighted by molar-refractivity contribution is 0.102. The molecule has 2 aromatic heterocycles. The van der Waals surface area contributed by atoms with Gasteiger partial charge in [-0.2, -0.15) is 10.2 Å². The predicted octanol–water partition coefficient (Wildman–Crippen LogP) is 2.06. The number of halogens is 1. The topological polar surface area (TPSA) is 64.7 Å². The van der Waals surface area contributed by atoms with Crippen LogP contribution in [-0.2, 0) is 13.6 Å². The predicted molar refractivity (Wildman–Crippen MR) is 78.9 cm³/mol. The normalized spacial score (nSPS) is 10.6. The van der Waals surface area contributed by atoms with Gasteiger partial charge < -0.3 is 5.32 Å². The van der Waals surface area contributed by atoms with Gasteiger partial charge in [0.1, 0.15) is 5.82 Å². The van der Waals surface area contributed by atoms with Crippen molar-refractivity contribution in [2.24, 2.45) is 7.05 Å². The van der Waals surface area contributed by atoms with E-state index in [2.05, 4.69) is 15.5 Å². The summed E-state index contributed by atoms with van der Waals surface area (Å²) in [5.41, 5.74) is 1.69. The Morgan fingerprint density at radius 1 is 1.36 bits per heavy atom. The summed E-state index contributed by atoms with van der Waals surface area (Å²) in [5.74, 6) is -0.584. The summed E-state index contributed by atoms with van der Waals surface area (Å²) in [4.78, 5) is 12.0. The second kappa shape index (κ2) is 5.80. The van der Waals surface area contributed by atoms with Gasteiger partial charge in [0, 0.05) is 19.4 Å². The number of aryl methyl sites for hydroxylation is 1. The third-order valence-electron chi connectivity index (χ3n) is 3.07. The van der Waals surface area contributed by atoms with Crippen molar-refractivity contribution in [3.8, 4) is 0 Å². The van der Waals surface area contributed by atoms with Crippen molar-refractivity contribution >= 4 is 11.6 Å². The molecule has 3 rings (SSSR count). The van der Waals surface area contributed by atoms with Crippen molar-refractivity contribution < 1.29 is 9.18 Å². The number of anilines is 1. The second-order valence-electron chi connectivity index (χ2n) is 4.89. The van der Waals surface area contributed by atoms with Crippen molar-refractivity contribution in [2.75, 3.05) is 5.32 Å². The van der Waals surface area contributed by atoms with Gasteiger partial charge in [-0.05, 0) is 23.8 Å². The van der Waals surface area contributed by atoms with Crippen molar-refractivity contribution in [2.45, 2.75) is 6.54 Å². The molecule has 0 fully saturated rings. The lowest BCUT2D eigenvalue weighted by Gasteiger charge is -2.02. The van der Waals surface area contributed by atoms with E-state index >= 15 is 0 Å². The number of nitrogens with one attached hydrogen (secondary N) is 1. The molecule has 6 nitrogen and oxygen atoms in total. The maximum atomic E-state index is 13.1. The number of hydrogen-bond acceptors (Lipinski definition) is 3. The molecule has 0 spiro atoms. The van der Waals surface area contributed by atoms with Crippen LogP contribution in [0, 0.1) is 5.82 Å². The van der Waals surface area contributed by atoms with Gasteiger partial charge in [0.05, 0.1) is 18.4 Å². The van der Waals surface area contributed by atoms with Crippen molar-refractivity contribution in [1.29, 1.82) is 0 Å². The van der Waals surface area contributed by atoms with Gasteiger partial charge in [-0.15, -0.1) is 0 Å². The Morgan fingerprint density at radius 2 is 2.23 bits per heavy atom. The zero-order valence-corrected chi connectivity index (χ0v) is 11.9. The van der Waals surface area contributed by atoms with E-state index in [4.69, 9.17) is 0 Å². The minimum atomic E-state index is -0.300. The number of carbonyl (C=O) groups excluding carboxylic acids is 1. The molecule has 0 radical (unpaired) electrons. The van der Waals surface area contributed by atoms with Crippen LogP contribution in [0.15, 0.2) is 48.9 Å². The lowest BCUT2D eigenvalue weighted by atomic mass is 10.2. The highest BCUT2D eigenvalue weighted by molar-refractivity contribution is 6.02. The van der Waals surface area contributed by atoms with Crippen molar-refractivity contribution in [1.82, 2.24) is 19.6 Å². The molecule has 2 heterocycles. The Morgan fingerprint density at radius 3 is 2.95 bits per heavy atom. The highest BCUT2D eigenvalue weighted by Crippen LogP contribution is 2.10. The maximum absolute atomic E-state index is 13.1. The van der Waals surface area contributed by atoms with Gasteiger partial charge in [-0.25, -0.2) is 4.39 Å².